The number of ketones is 1. The predicted molar refractivity (Wildman–Crippen MR) is 51.0 cm³/mol. The molecule has 0 radical (unpaired) electrons. The van der Waals surface area contributed by atoms with Crippen molar-refractivity contribution in [2.45, 2.75) is 52.4 Å². The fraction of sp³-hybridized carbons (Fsp3) is 0.909. The molecule has 0 amide bonds. The molecule has 70 valence electrons. The highest BCUT2D eigenvalue weighted by Crippen LogP contribution is 2.36. The number of hydrogen-bond donors (Lipinski definition) is 0. The average Bonchev–Trinajstić information content (AvgIpc) is 2.12. The van der Waals surface area contributed by atoms with Crippen LogP contribution in [0, 0.1) is 11.8 Å². The minimum atomic E-state index is 0. The first-order valence-corrected chi connectivity index (χ1v) is 4.86. The predicted octanol–water partition coefficient (Wildman–Crippen LogP) is 3.18. The molecule has 12 heavy (non-hydrogen) atoms. The number of fused-ring (bicyclic) bond motifs is 2. The molecule has 2 unspecified atom stereocenters. The van der Waals surface area contributed by atoms with Crippen molar-refractivity contribution in [1.29, 1.82) is 0 Å². The third-order valence-corrected chi connectivity index (χ3v) is 3.24. The molecule has 0 aromatic carbocycles. The van der Waals surface area contributed by atoms with Crippen molar-refractivity contribution in [3.8, 4) is 0 Å². The Hall–Kier alpha value is -0.330. The topological polar surface area (TPSA) is 17.1 Å². The van der Waals surface area contributed by atoms with Gasteiger partial charge in [-0.05, 0) is 24.7 Å². The smallest absolute Gasteiger partial charge is 0.133 e. The van der Waals surface area contributed by atoms with Gasteiger partial charge in [0.2, 0.25) is 0 Å². The van der Waals surface area contributed by atoms with Gasteiger partial charge >= 0.3 is 0 Å². The molecule has 2 aliphatic rings. The van der Waals surface area contributed by atoms with Gasteiger partial charge in [-0.15, -0.1) is 0 Å². The van der Waals surface area contributed by atoms with E-state index in [0.29, 0.717) is 5.78 Å². The summed E-state index contributed by atoms with van der Waals surface area (Å²) >= 11 is 0. The normalized spacial score (nSPS) is 35.2. The highest BCUT2D eigenvalue weighted by molar-refractivity contribution is 5.78. The van der Waals surface area contributed by atoms with Gasteiger partial charge in [-0.1, -0.05) is 26.7 Å². The third-order valence-electron chi connectivity index (χ3n) is 3.24. The highest BCUT2D eigenvalue weighted by atomic mass is 16.1. The van der Waals surface area contributed by atoms with Gasteiger partial charge in [0.15, 0.2) is 0 Å². The summed E-state index contributed by atoms with van der Waals surface area (Å²) in [7, 11) is 0. The number of carbonyl (C=O) groups excluding carboxylic acids is 1. The average molecular weight is 168 g/mol. The Balaban J connectivity index is 0.000000720. The van der Waals surface area contributed by atoms with Crippen LogP contribution in [0.15, 0.2) is 0 Å². The highest BCUT2D eigenvalue weighted by Gasteiger charge is 2.27. The van der Waals surface area contributed by atoms with Gasteiger partial charge in [0, 0.05) is 12.8 Å². The maximum atomic E-state index is 11.2. The Morgan fingerprint density at radius 2 is 1.83 bits per heavy atom. The molecule has 1 nitrogen and oxygen atoms in total. The van der Waals surface area contributed by atoms with Crippen LogP contribution in [0.25, 0.3) is 0 Å². The zero-order chi connectivity index (χ0) is 7.68. The van der Waals surface area contributed by atoms with Crippen LogP contribution in [0.1, 0.15) is 52.4 Å². The van der Waals surface area contributed by atoms with Crippen molar-refractivity contribution in [1.82, 2.24) is 0 Å². The van der Waals surface area contributed by atoms with Gasteiger partial charge < -0.3 is 0 Å². The lowest BCUT2D eigenvalue weighted by Gasteiger charge is -2.25. The fourth-order valence-corrected chi connectivity index (χ4v) is 2.64. The second-order valence-corrected chi connectivity index (χ2v) is 4.18. The minimum absolute atomic E-state index is 0. The molecule has 1 heteroatoms. The summed E-state index contributed by atoms with van der Waals surface area (Å²) in [6.07, 6.45) is 8.41. The van der Waals surface area contributed by atoms with Crippen LogP contribution in [0.5, 0.6) is 0 Å². The molecule has 0 aromatic heterocycles. The summed E-state index contributed by atoms with van der Waals surface area (Å²) in [6.45, 7) is 0. The van der Waals surface area contributed by atoms with Crippen molar-refractivity contribution in [3.05, 3.63) is 0 Å². The van der Waals surface area contributed by atoms with Crippen molar-refractivity contribution < 1.29 is 4.79 Å². The van der Waals surface area contributed by atoms with Crippen LogP contribution in [0.4, 0.5) is 0 Å². The number of Topliss-reactive ketones (excluding diaryl/α,β-unsaturated/α-hetero) is 1. The third kappa shape index (κ3) is 2.09. The first kappa shape index (κ1) is 9.76. The monoisotopic (exact) mass is 168 g/mol. The largest absolute Gasteiger partial charge is 0.300 e. The molecule has 0 saturated heterocycles. The summed E-state index contributed by atoms with van der Waals surface area (Å²) in [5.74, 6) is 2.20. The van der Waals surface area contributed by atoms with E-state index in [1.54, 1.807) is 0 Å². The molecular formula is C11H20O. The van der Waals surface area contributed by atoms with E-state index in [2.05, 4.69) is 0 Å². The van der Waals surface area contributed by atoms with E-state index in [-0.39, 0.29) is 7.43 Å². The van der Waals surface area contributed by atoms with Crippen molar-refractivity contribution in [3.63, 3.8) is 0 Å². The first-order valence-electron chi connectivity index (χ1n) is 4.86. The molecule has 2 aliphatic carbocycles. The quantitative estimate of drug-likeness (QED) is 0.543. The molecule has 0 aliphatic heterocycles. The summed E-state index contributed by atoms with van der Waals surface area (Å²) in [4.78, 5) is 11.2. The van der Waals surface area contributed by atoms with Gasteiger partial charge in [0.25, 0.3) is 0 Å². The van der Waals surface area contributed by atoms with E-state index in [1.165, 1.54) is 32.1 Å². The summed E-state index contributed by atoms with van der Waals surface area (Å²) in [5, 5.41) is 0. The Morgan fingerprint density at radius 1 is 1.08 bits per heavy atom. The van der Waals surface area contributed by atoms with Gasteiger partial charge in [0.05, 0.1) is 0 Å². The van der Waals surface area contributed by atoms with Crippen molar-refractivity contribution in [2.24, 2.45) is 11.8 Å². The molecule has 0 spiro atoms. The molecule has 2 saturated carbocycles. The molecule has 2 rings (SSSR count). The van der Waals surface area contributed by atoms with Crippen molar-refractivity contribution in [2.75, 3.05) is 0 Å². The second kappa shape index (κ2) is 4.06. The molecule has 0 heterocycles. The first-order chi connectivity index (χ1) is 5.34. The van der Waals surface area contributed by atoms with Crippen LogP contribution in [0.3, 0.4) is 0 Å². The van der Waals surface area contributed by atoms with Crippen LogP contribution < -0.4 is 0 Å². The number of hydrogen-bond acceptors (Lipinski definition) is 1. The number of rotatable bonds is 0. The lowest BCUT2D eigenvalue weighted by molar-refractivity contribution is -0.119. The lowest BCUT2D eigenvalue weighted by atomic mass is 9.81. The van der Waals surface area contributed by atoms with Crippen LogP contribution in [-0.4, -0.2) is 5.78 Å². The molecular weight excluding hydrogens is 148 g/mol. The lowest BCUT2D eigenvalue weighted by Crippen LogP contribution is -2.13. The van der Waals surface area contributed by atoms with Crippen LogP contribution in [0.2, 0.25) is 0 Å². The van der Waals surface area contributed by atoms with E-state index < -0.39 is 0 Å². The minimum Gasteiger partial charge on any atom is -0.300 e. The van der Waals surface area contributed by atoms with E-state index in [4.69, 9.17) is 0 Å². The standard InChI is InChI=1S/C10H16O.CH4/c11-10-5-4-8-2-1-3-9(6-8)7-10;/h8-9H,1-7H2;1H4. The molecule has 0 aromatic rings. The summed E-state index contributed by atoms with van der Waals surface area (Å²) in [6, 6.07) is 0. The molecule has 2 fully saturated rings. The summed E-state index contributed by atoms with van der Waals surface area (Å²) in [5.41, 5.74) is 0. The van der Waals surface area contributed by atoms with Gasteiger partial charge in [0.1, 0.15) is 5.78 Å². The fourth-order valence-electron chi connectivity index (χ4n) is 2.64. The Morgan fingerprint density at radius 3 is 2.67 bits per heavy atom. The van der Waals surface area contributed by atoms with E-state index in [0.717, 1.165) is 24.7 Å². The Kier molecular flexibility index (Phi) is 3.30. The zero-order valence-electron chi connectivity index (χ0n) is 7.01. The van der Waals surface area contributed by atoms with Gasteiger partial charge in [-0.2, -0.15) is 0 Å². The van der Waals surface area contributed by atoms with Crippen LogP contribution in [-0.2, 0) is 4.79 Å². The SMILES string of the molecule is C.O=C1CCC2CCCC(C1)C2. The Labute approximate surface area is 75.5 Å². The summed E-state index contributed by atoms with van der Waals surface area (Å²) < 4.78 is 0. The second-order valence-electron chi connectivity index (χ2n) is 4.18. The zero-order valence-corrected chi connectivity index (χ0v) is 7.01. The molecule has 2 atom stereocenters. The number of carbonyl (C=O) groups is 1. The van der Waals surface area contributed by atoms with E-state index in [9.17, 15) is 4.79 Å². The Bertz CT molecular complexity index is 162. The molecule has 0 N–H and O–H groups in total. The van der Waals surface area contributed by atoms with Crippen molar-refractivity contribution >= 4 is 5.78 Å². The maximum Gasteiger partial charge on any atom is 0.133 e. The van der Waals surface area contributed by atoms with Gasteiger partial charge in [-0.3, -0.25) is 4.79 Å². The maximum absolute atomic E-state index is 11.2. The van der Waals surface area contributed by atoms with E-state index in [1.807, 2.05) is 0 Å². The molecule has 2 bridgehead atoms. The van der Waals surface area contributed by atoms with Crippen LogP contribution >= 0.6 is 0 Å². The van der Waals surface area contributed by atoms with Gasteiger partial charge in [-0.25, -0.2) is 0 Å². The van der Waals surface area contributed by atoms with E-state index >= 15 is 0 Å².